The summed E-state index contributed by atoms with van der Waals surface area (Å²) >= 11 is 0. The zero-order chi connectivity index (χ0) is 10.7. The van der Waals surface area contributed by atoms with Crippen LogP contribution in [0.15, 0.2) is 6.20 Å². The van der Waals surface area contributed by atoms with Gasteiger partial charge in [0.2, 0.25) is 5.88 Å². The minimum absolute atomic E-state index is 0.480. The summed E-state index contributed by atoms with van der Waals surface area (Å²) < 4.78 is 5.59. The summed E-state index contributed by atoms with van der Waals surface area (Å²) in [6.07, 6.45) is 4.13. The van der Waals surface area contributed by atoms with E-state index in [2.05, 4.69) is 15.3 Å². The highest BCUT2D eigenvalue weighted by atomic mass is 16.5. The first-order chi connectivity index (χ1) is 7.25. The Kier molecular flexibility index (Phi) is 3.16. The van der Waals surface area contributed by atoms with E-state index in [1.807, 2.05) is 13.8 Å². The van der Waals surface area contributed by atoms with Crippen molar-refractivity contribution >= 4 is 0 Å². The van der Waals surface area contributed by atoms with Crippen LogP contribution in [0.5, 0.6) is 5.88 Å². The van der Waals surface area contributed by atoms with Crippen molar-refractivity contribution in [1.82, 2.24) is 15.3 Å². The zero-order valence-corrected chi connectivity index (χ0v) is 9.29. The molecular weight excluding hydrogens is 190 g/mol. The smallest absolute Gasteiger partial charge is 0.232 e. The Morgan fingerprint density at radius 3 is 3.00 bits per heavy atom. The van der Waals surface area contributed by atoms with E-state index < -0.39 is 0 Å². The van der Waals surface area contributed by atoms with E-state index in [1.165, 1.54) is 12.8 Å². The van der Waals surface area contributed by atoms with Gasteiger partial charge in [-0.3, -0.25) is 4.98 Å². The van der Waals surface area contributed by atoms with E-state index in [0.717, 1.165) is 17.9 Å². The molecule has 1 saturated heterocycles. The monoisotopic (exact) mass is 207 g/mol. The summed E-state index contributed by atoms with van der Waals surface area (Å²) in [5.41, 5.74) is 1.90. The normalized spacial score (nSPS) is 20.5. The lowest BCUT2D eigenvalue weighted by atomic mass is 10.2. The molecule has 1 aliphatic rings. The molecule has 0 amide bonds. The topological polar surface area (TPSA) is 47.0 Å². The van der Waals surface area contributed by atoms with Crippen LogP contribution in [0, 0.1) is 13.8 Å². The highest BCUT2D eigenvalue weighted by Crippen LogP contribution is 2.10. The van der Waals surface area contributed by atoms with E-state index in [4.69, 9.17) is 4.74 Å². The summed E-state index contributed by atoms with van der Waals surface area (Å²) in [6.45, 7) is 5.69. The number of nitrogens with zero attached hydrogens (tertiary/aromatic N) is 2. The molecule has 4 nitrogen and oxygen atoms in total. The van der Waals surface area contributed by atoms with Crippen LogP contribution < -0.4 is 10.1 Å². The van der Waals surface area contributed by atoms with E-state index >= 15 is 0 Å². The highest BCUT2D eigenvalue weighted by molar-refractivity contribution is 5.14. The second-order valence-electron chi connectivity index (χ2n) is 3.98. The molecule has 15 heavy (non-hydrogen) atoms. The largest absolute Gasteiger partial charge is 0.475 e. The summed E-state index contributed by atoms with van der Waals surface area (Å²) in [5, 5.41) is 3.38. The van der Waals surface area contributed by atoms with Crippen molar-refractivity contribution < 1.29 is 4.74 Å². The molecule has 0 spiro atoms. The van der Waals surface area contributed by atoms with Crippen LogP contribution in [-0.2, 0) is 0 Å². The number of hydrogen-bond acceptors (Lipinski definition) is 4. The van der Waals surface area contributed by atoms with Crippen LogP contribution in [0.2, 0.25) is 0 Å². The van der Waals surface area contributed by atoms with Crippen molar-refractivity contribution in [2.24, 2.45) is 0 Å². The van der Waals surface area contributed by atoms with Gasteiger partial charge in [0, 0.05) is 6.04 Å². The third kappa shape index (κ3) is 2.65. The average Bonchev–Trinajstić information content (AvgIpc) is 2.73. The van der Waals surface area contributed by atoms with Gasteiger partial charge in [0.1, 0.15) is 6.61 Å². The molecule has 0 saturated carbocycles. The first-order valence-electron chi connectivity index (χ1n) is 5.42. The van der Waals surface area contributed by atoms with Crippen LogP contribution in [0.1, 0.15) is 24.2 Å². The molecule has 1 aliphatic heterocycles. The minimum Gasteiger partial charge on any atom is -0.475 e. The van der Waals surface area contributed by atoms with Gasteiger partial charge in [-0.1, -0.05) is 0 Å². The van der Waals surface area contributed by atoms with Crippen molar-refractivity contribution in [2.75, 3.05) is 13.2 Å². The number of aromatic nitrogens is 2. The number of ether oxygens (including phenoxy) is 1. The Morgan fingerprint density at radius 2 is 2.33 bits per heavy atom. The summed E-state index contributed by atoms with van der Waals surface area (Å²) in [4.78, 5) is 8.54. The fourth-order valence-corrected chi connectivity index (χ4v) is 1.68. The third-order valence-corrected chi connectivity index (χ3v) is 2.76. The van der Waals surface area contributed by atoms with E-state index in [-0.39, 0.29) is 0 Å². The van der Waals surface area contributed by atoms with Gasteiger partial charge in [-0.2, -0.15) is 0 Å². The van der Waals surface area contributed by atoms with Gasteiger partial charge in [0.05, 0.1) is 17.6 Å². The molecular formula is C11H17N3O. The van der Waals surface area contributed by atoms with Crippen LogP contribution in [0.4, 0.5) is 0 Å². The molecule has 0 aromatic carbocycles. The lowest BCUT2D eigenvalue weighted by Gasteiger charge is -2.11. The molecule has 1 atom stereocenters. The van der Waals surface area contributed by atoms with Crippen molar-refractivity contribution in [1.29, 1.82) is 0 Å². The Morgan fingerprint density at radius 1 is 1.47 bits per heavy atom. The van der Waals surface area contributed by atoms with Crippen LogP contribution in [-0.4, -0.2) is 29.2 Å². The van der Waals surface area contributed by atoms with Crippen molar-refractivity contribution in [3.05, 3.63) is 17.6 Å². The van der Waals surface area contributed by atoms with Crippen molar-refractivity contribution in [2.45, 2.75) is 32.7 Å². The molecule has 1 fully saturated rings. The first kappa shape index (κ1) is 10.4. The Balaban J connectivity index is 1.90. The molecule has 1 unspecified atom stereocenters. The van der Waals surface area contributed by atoms with Gasteiger partial charge in [0.15, 0.2) is 0 Å². The quantitative estimate of drug-likeness (QED) is 0.809. The summed E-state index contributed by atoms with van der Waals surface area (Å²) in [6, 6.07) is 0.480. The van der Waals surface area contributed by atoms with E-state index in [0.29, 0.717) is 18.5 Å². The zero-order valence-electron chi connectivity index (χ0n) is 9.29. The van der Waals surface area contributed by atoms with Crippen molar-refractivity contribution in [3.8, 4) is 5.88 Å². The molecule has 82 valence electrons. The lowest BCUT2D eigenvalue weighted by molar-refractivity contribution is 0.266. The molecule has 0 bridgehead atoms. The highest BCUT2D eigenvalue weighted by Gasteiger charge is 2.14. The molecule has 2 rings (SSSR count). The minimum atomic E-state index is 0.480. The maximum atomic E-state index is 5.59. The summed E-state index contributed by atoms with van der Waals surface area (Å²) in [7, 11) is 0. The SMILES string of the molecule is Cc1ncc(OCC2CCCN2)nc1C. The maximum Gasteiger partial charge on any atom is 0.232 e. The predicted octanol–water partition coefficient (Wildman–Crippen LogP) is 1.22. The van der Waals surface area contributed by atoms with Crippen molar-refractivity contribution in [3.63, 3.8) is 0 Å². The van der Waals surface area contributed by atoms with E-state index in [9.17, 15) is 0 Å². The van der Waals surface area contributed by atoms with Gasteiger partial charge >= 0.3 is 0 Å². The van der Waals surface area contributed by atoms with E-state index in [1.54, 1.807) is 6.20 Å². The number of rotatable bonds is 3. The Bertz CT molecular complexity index is 335. The Hall–Kier alpha value is -1.16. The van der Waals surface area contributed by atoms with Gasteiger partial charge in [-0.05, 0) is 33.2 Å². The molecule has 1 aromatic heterocycles. The first-order valence-corrected chi connectivity index (χ1v) is 5.42. The second kappa shape index (κ2) is 4.57. The molecule has 0 aliphatic carbocycles. The third-order valence-electron chi connectivity index (χ3n) is 2.76. The fourth-order valence-electron chi connectivity index (χ4n) is 1.68. The van der Waals surface area contributed by atoms with Gasteiger partial charge < -0.3 is 10.1 Å². The van der Waals surface area contributed by atoms with Gasteiger partial charge in [0.25, 0.3) is 0 Å². The summed E-state index contributed by atoms with van der Waals surface area (Å²) in [5.74, 6) is 0.631. The molecule has 4 heteroatoms. The van der Waals surface area contributed by atoms with Crippen LogP contribution in [0.25, 0.3) is 0 Å². The standard InChI is InChI=1S/C11H17N3O/c1-8-9(2)14-11(6-13-8)15-7-10-4-3-5-12-10/h6,10,12H,3-5,7H2,1-2H3. The van der Waals surface area contributed by atoms with Crippen LogP contribution in [0.3, 0.4) is 0 Å². The molecule has 2 heterocycles. The lowest BCUT2D eigenvalue weighted by Crippen LogP contribution is -2.28. The van der Waals surface area contributed by atoms with Gasteiger partial charge in [-0.15, -0.1) is 0 Å². The predicted molar refractivity (Wildman–Crippen MR) is 58.0 cm³/mol. The number of nitrogens with one attached hydrogen (secondary N) is 1. The van der Waals surface area contributed by atoms with Gasteiger partial charge in [-0.25, -0.2) is 4.98 Å². The number of hydrogen-bond donors (Lipinski definition) is 1. The molecule has 1 aromatic rings. The molecule has 1 N–H and O–H groups in total. The number of aryl methyl sites for hydroxylation is 2. The average molecular weight is 207 g/mol. The van der Waals surface area contributed by atoms with Crippen LogP contribution >= 0.6 is 0 Å². The Labute approximate surface area is 90.1 Å². The maximum absolute atomic E-state index is 5.59. The molecule has 0 radical (unpaired) electrons. The second-order valence-corrected chi connectivity index (χ2v) is 3.98. The fraction of sp³-hybridized carbons (Fsp3) is 0.636.